The maximum absolute atomic E-state index is 13.5. The fourth-order valence-corrected chi connectivity index (χ4v) is 5.50. The van der Waals surface area contributed by atoms with Crippen LogP contribution in [0.15, 0.2) is 64.5 Å². The first-order valence-electron chi connectivity index (χ1n) is 11.0. The van der Waals surface area contributed by atoms with Gasteiger partial charge in [0.05, 0.1) is 16.8 Å². The third-order valence-electron chi connectivity index (χ3n) is 5.40. The largest absolute Gasteiger partial charge is 0.310 e. The van der Waals surface area contributed by atoms with Crippen molar-refractivity contribution in [2.24, 2.45) is 0 Å². The van der Waals surface area contributed by atoms with E-state index in [2.05, 4.69) is 17.0 Å². The molecule has 7 nitrogen and oxygen atoms in total. The highest BCUT2D eigenvalue weighted by Crippen LogP contribution is 2.33. The number of carbonyl (C=O) groups excluding carboxylic acids is 1. The van der Waals surface area contributed by atoms with Gasteiger partial charge in [0.25, 0.3) is 5.56 Å². The van der Waals surface area contributed by atoms with E-state index >= 15 is 0 Å². The fourth-order valence-electron chi connectivity index (χ4n) is 3.60. The summed E-state index contributed by atoms with van der Waals surface area (Å²) < 4.78 is 3.35. The lowest BCUT2D eigenvalue weighted by Gasteiger charge is -2.16. The molecule has 4 aromatic rings. The second-order valence-electron chi connectivity index (χ2n) is 8.30. The molecule has 0 aliphatic rings. The lowest BCUT2D eigenvalue weighted by atomic mass is 10.1. The van der Waals surface area contributed by atoms with Crippen LogP contribution >= 0.6 is 23.1 Å². The zero-order chi connectivity index (χ0) is 24.4. The third-order valence-corrected chi connectivity index (χ3v) is 7.36. The van der Waals surface area contributed by atoms with E-state index < -0.39 is 5.25 Å². The Morgan fingerprint density at radius 2 is 1.97 bits per heavy atom. The van der Waals surface area contributed by atoms with E-state index in [-0.39, 0.29) is 17.5 Å². The van der Waals surface area contributed by atoms with Crippen LogP contribution in [0.2, 0.25) is 0 Å². The molecule has 1 atom stereocenters. The Balaban J connectivity index is 1.67. The summed E-state index contributed by atoms with van der Waals surface area (Å²) in [7, 11) is 0. The number of thioether (sulfide) groups is 1. The Morgan fingerprint density at radius 3 is 2.65 bits per heavy atom. The zero-order valence-corrected chi connectivity index (χ0v) is 21.2. The lowest BCUT2D eigenvalue weighted by Crippen LogP contribution is -2.27. The molecule has 9 heteroatoms. The van der Waals surface area contributed by atoms with Gasteiger partial charge in [-0.1, -0.05) is 47.7 Å². The van der Waals surface area contributed by atoms with Crippen LogP contribution in [0, 0.1) is 6.92 Å². The van der Waals surface area contributed by atoms with Crippen molar-refractivity contribution in [3.8, 4) is 11.1 Å². The van der Waals surface area contributed by atoms with Crippen molar-refractivity contribution >= 4 is 45.0 Å². The van der Waals surface area contributed by atoms with E-state index in [1.807, 2.05) is 50.4 Å². The minimum atomic E-state index is -0.479. The number of rotatable bonds is 8. The Labute approximate surface area is 206 Å². The fraction of sp³-hybridized carbons (Fsp3) is 0.280. The molecule has 1 unspecified atom stereocenters. The number of aryl methyl sites for hydroxylation is 1. The third kappa shape index (κ3) is 4.71. The number of hydrogen-bond acceptors (Lipinski definition) is 6. The Morgan fingerprint density at radius 1 is 1.24 bits per heavy atom. The van der Waals surface area contributed by atoms with Crippen molar-refractivity contribution in [2.45, 2.75) is 50.7 Å². The predicted octanol–water partition coefficient (Wildman–Crippen LogP) is 5.52. The minimum absolute atomic E-state index is 0.122. The first-order valence-corrected chi connectivity index (χ1v) is 12.8. The van der Waals surface area contributed by atoms with Gasteiger partial charge in [0.2, 0.25) is 5.91 Å². The van der Waals surface area contributed by atoms with E-state index in [0.29, 0.717) is 27.7 Å². The van der Waals surface area contributed by atoms with Gasteiger partial charge < -0.3 is 5.32 Å². The molecular formula is C25H27N5O2S2. The van der Waals surface area contributed by atoms with E-state index in [4.69, 9.17) is 4.98 Å². The highest BCUT2D eigenvalue weighted by Gasteiger charge is 2.22. The van der Waals surface area contributed by atoms with Crippen molar-refractivity contribution in [3.63, 3.8) is 0 Å². The number of amides is 1. The van der Waals surface area contributed by atoms with Crippen LogP contribution in [0.1, 0.15) is 32.4 Å². The van der Waals surface area contributed by atoms with Crippen LogP contribution in [-0.2, 0) is 11.3 Å². The number of thiophene rings is 1. The van der Waals surface area contributed by atoms with E-state index in [9.17, 15) is 9.59 Å². The van der Waals surface area contributed by atoms with E-state index in [1.54, 1.807) is 34.5 Å². The molecule has 3 heterocycles. The van der Waals surface area contributed by atoms with Crippen molar-refractivity contribution < 1.29 is 4.79 Å². The number of benzene rings is 1. The molecule has 4 rings (SSSR count). The average Bonchev–Trinajstić information content (AvgIpc) is 3.44. The summed E-state index contributed by atoms with van der Waals surface area (Å²) in [6.45, 7) is 11.9. The Bertz CT molecular complexity index is 1400. The molecule has 0 aliphatic carbocycles. The molecular weight excluding hydrogens is 466 g/mol. The van der Waals surface area contributed by atoms with Crippen LogP contribution in [0.5, 0.6) is 0 Å². The van der Waals surface area contributed by atoms with Gasteiger partial charge in [0, 0.05) is 29.6 Å². The van der Waals surface area contributed by atoms with Crippen LogP contribution in [0.3, 0.4) is 0 Å². The number of carbonyl (C=O) groups is 1. The molecule has 1 N–H and O–H groups in total. The van der Waals surface area contributed by atoms with Gasteiger partial charge in [-0.05, 0) is 33.3 Å². The molecule has 0 spiro atoms. The normalized spacial score (nSPS) is 12.3. The molecule has 0 radical (unpaired) electrons. The minimum Gasteiger partial charge on any atom is -0.310 e. The molecule has 34 heavy (non-hydrogen) atoms. The Hall–Kier alpha value is -3.17. The van der Waals surface area contributed by atoms with Crippen LogP contribution in [0.25, 0.3) is 21.3 Å². The van der Waals surface area contributed by atoms with Gasteiger partial charge in [-0.25, -0.2) is 9.67 Å². The lowest BCUT2D eigenvalue weighted by molar-refractivity contribution is -0.115. The van der Waals surface area contributed by atoms with Crippen molar-refractivity contribution in [1.82, 2.24) is 19.3 Å². The zero-order valence-electron chi connectivity index (χ0n) is 19.6. The van der Waals surface area contributed by atoms with Crippen molar-refractivity contribution in [3.05, 3.63) is 70.5 Å². The molecule has 0 saturated carbocycles. The molecule has 176 valence electrons. The summed E-state index contributed by atoms with van der Waals surface area (Å²) >= 11 is 2.70. The second-order valence-corrected chi connectivity index (χ2v) is 10.5. The van der Waals surface area contributed by atoms with Gasteiger partial charge in [-0.15, -0.1) is 17.9 Å². The van der Waals surface area contributed by atoms with Gasteiger partial charge in [-0.3, -0.25) is 14.2 Å². The van der Waals surface area contributed by atoms with Crippen LogP contribution in [-0.4, -0.2) is 30.5 Å². The average molecular weight is 494 g/mol. The summed E-state index contributed by atoms with van der Waals surface area (Å²) in [5.74, 6) is 0.457. The highest BCUT2D eigenvalue weighted by atomic mass is 32.2. The summed E-state index contributed by atoms with van der Waals surface area (Å²) in [4.78, 5) is 31.9. The van der Waals surface area contributed by atoms with Crippen LogP contribution < -0.4 is 10.9 Å². The molecule has 0 fully saturated rings. The summed E-state index contributed by atoms with van der Waals surface area (Å²) in [6, 6.07) is 9.99. The summed E-state index contributed by atoms with van der Waals surface area (Å²) in [6.07, 6.45) is 3.33. The number of allylic oxidation sites excluding steroid dienone is 1. The maximum Gasteiger partial charge on any atom is 0.263 e. The van der Waals surface area contributed by atoms with Gasteiger partial charge in [-0.2, -0.15) is 5.10 Å². The van der Waals surface area contributed by atoms with Crippen molar-refractivity contribution in [2.75, 3.05) is 5.32 Å². The number of anilines is 1. The van der Waals surface area contributed by atoms with Crippen molar-refractivity contribution in [1.29, 1.82) is 0 Å². The van der Waals surface area contributed by atoms with Gasteiger partial charge >= 0.3 is 0 Å². The quantitative estimate of drug-likeness (QED) is 0.199. The molecule has 0 saturated heterocycles. The molecule has 0 bridgehead atoms. The molecule has 0 aliphatic heterocycles. The molecule has 1 aromatic carbocycles. The summed E-state index contributed by atoms with van der Waals surface area (Å²) in [5, 5.41) is 9.77. The first-order chi connectivity index (χ1) is 16.3. The second kappa shape index (κ2) is 9.99. The monoisotopic (exact) mass is 493 g/mol. The van der Waals surface area contributed by atoms with Crippen LogP contribution in [0.4, 0.5) is 5.82 Å². The standard InChI is InChI=1S/C25H27N5O2S2/c1-6-13-29-24(32)21-19(18-9-7-16(4)8-10-18)14-33-23(21)28-25(29)34-17(5)22(31)27-20-11-12-26-30(20)15(2)3/h6-12,14-15,17H,1,13H2,2-5H3,(H,27,31). The highest BCUT2D eigenvalue weighted by molar-refractivity contribution is 8.00. The smallest absolute Gasteiger partial charge is 0.263 e. The first kappa shape index (κ1) is 24.0. The SMILES string of the molecule is C=CCn1c(SC(C)C(=O)Nc2ccnn2C(C)C)nc2scc(-c3ccc(C)cc3)c2c1=O. The number of nitrogens with one attached hydrogen (secondary N) is 1. The van der Waals surface area contributed by atoms with E-state index in [1.165, 1.54) is 23.1 Å². The topological polar surface area (TPSA) is 81.8 Å². The maximum atomic E-state index is 13.5. The van der Waals surface area contributed by atoms with Gasteiger partial charge in [0.15, 0.2) is 5.16 Å². The number of nitrogens with zero attached hydrogens (tertiary/aromatic N) is 4. The number of hydrogen-bond donors (Lipinski definition) is 1. The van der Waals surface area contributed by atoms with Gasteiger partial charge in [0.1, 0.15) is 10.6 Å². The Kier molecular flexibility index (Phi) is 7.04. The van der Waals surface area contributed by atoms with E-state index in [0.717, 1.165) is 16.7 Å². The summed E-state index contributed by atoms with van der Waals surface area (Å²) in [5.41, 5.74) is 2.89. The number of fused-ring (bicyclic) bond motifs is 1. The number of aromatic nitrogens is 4. The predicted molar refractivity (Wildman–Crippen MR) is 141 cm³/mol. The molecule has 3 aromatic heterocycles. The molecule has 1 amide bonds.